The highest BCUT2D eigenvalue weighted by Gasteiger charge is 2.51. The number of ether oxygens (including phenoxy) is 1. The Balaban J connectivity index is 1.22. The van der Waals surface area contributed by atoms with Crippen molar-refractivity contribution in [2.45, 2.75) is 43.9 Å². The van der Waals surface area contributed by atoms with E-state index in [1.165, 1.54) is 51.2 Å². The fraction of sp³-hybridized carbons (Fsp3) is 0.379. The topological polar surface area (TPSA) is 63.2 Å². The zero-order valence-corrected chi connectivity index (χ0v) is 19.6. The summed E-state index contributed by atoms with van der Waals surface area (Å²) in [4.78, 5) is 16.4. The summed E-state index contributed by atoms with van der Waals surface area (Å²) in [6.07, 6.45) is 10.2. The van der Waals surface area contributed by atoms with Crippen LogP contribution in [-0.2, 0) is 10.2 Å². The average molecular weight is 454 g/mol. The van der Waals surface area contributed by atoms with E-state index in [0.29, 0.717) is 16.8 Å². The van der Waals surface area contributed by atoms with Gasteiger partial charge in [0.05, 0.1) is 7.11 Å². The van der Waals surface area contributed by atoms with Crippen LogP contribution < -0.4 is 10.6 Å². The normalized spacial score (nSPS) is 26.8. The van der Waals surface area contributed by atoms with E-state index in [4.69, 9.17) is 4.74 Å². The number of aromatic nitrogens is 1. The van der Waals surface area contributed by atoms with E-state index in [-0.39, 0.29) is 0 Å². The number of nitrogens with zero attached hydrogens (tertiary/aromatic N) is 1. The molecule has 174 valence electrons. The number of carbonyl (C=O) groups excluding carboxylic acids is 1. The monoisotopic (exact) mass is 453 g/mol. The SMILES string of the molecule is COC(=O)c1cccnc1Nc1cccc(Nc2cccc(C34CC5CC(CC(C5)C3)C4)c2)c1. The van der Waals surface area contributed by atoms with Gasteiger partial charge in [-0.2, -0.15) is 0 Å². The number of carbonyl (C=O) groups is 1. The number of hydrogen-bond donors (Lipinski definition) is 2. The maximum atomic E-state index is 12.1. The second kappa shape index (κ2) is 8.46. The molecule has 2 aromatic carbocycles. The first-order valence-electron chi connectivity index (χ1n) is 12.4. The number of rotatable bonds is 6. The third kappa shape index (κ3) is 3.93. The van der Waals surface area contributed by atoms with Gasteiger partial charge in [0.1, 0.15) is 11.4 Å². The second-order valence-electron chi connectivity index (χ2n) is 10.5. The summed E-state index contributed by atoms with van der Waals surface area (Å²) in [5.74, 6) is 2.88. The molecule has 2 N–H and O–H groups in total. The van der Waals surface area contributed by atoms with Gasteiger partial charge >= 0.3 is 5.97 Å². The van der Waals surface area contributed by atoms with Crippen molar-refractivity contribution in [3.05, 3.63) is 78.0 Å². The van der Waals surface area contributed by atoms with Crippen LogP contribution in [0.3, 0.4) is 0 Å². The van der Waals surface area contributed by atoms with Crippen molar-refractivity contribution in [3.63, 3.8) is 0 Å². The summed E-state index contributed by atoms with van der Waals surface area (Å²) in [5.41, 5.74) is 5.28. The van der Waals surface area contributed by atoms with Crippen LogP contribution in [0.25, 0.3) is 0 Å². The smallest absolute Gasteiger partial charge is 0.341 e. The molecule has 0 amide bonds. The van der Waals surface area contributed by atoms with E-state index < -0.39 is 5.97 Å². The highest BCUT2D eigenvalue weighted by molar-refractivity contribution is 5.95. The Hall–Kier alpha value is -3.34. The van der Waals surface area contributed by atoms with Crippen molar-refractivity contribution in [1.82, 2.24) is 4.98 Å². The zero-order chi connectivity index (χ0) is 23.1. The Kier molecular flexibility index (Phi) is 5.28. The molecular formula is C29H31N3O2. The lowest BCUT2D eigenvalue weighted by Crippen LogP contribution is -2.48. The van der Waals surface area contributed by atoms with Crippen molar-refractivity contribution in [2.24, 2.45) is 17.8 Å². The summed E-state index contributed by atoms with van der Waals surface area (Å²) in [7, 11) is 1.38. The van der Waals surface area contributed by atoms with Gasteiger partial charge in [0.2, 0.25) is 0 Å². The molecule has 4 bridgehead atoms. The lowest BCUT2D eigenvalue weighted by Gasteiger charge is -2.57. The van der Waals surface area contributed by atoms with Crippen LogP contribution >= 0.6 is 0 Å². The van der Waals surface area contributed by atoms with Crippen LogP contribution in [0.4, 0.5) is 22.9 Å². The van der Waals surface area contributed by atoms with E-state index in [2.05, 4.69) is 45.9 Å². The molecule has 3 aromatic rings. The Morgan fingerprint density at radius 2 is 1.47 bits per heavy atom. The number of pyridine rings is 1. The maximum absolute atomic E-state index is 12.1. The minimum atomic E-state index is -0.411. The predicted octanol–water partition coefficient (Wildman–Crippen LogP) is 6.82. The van der Waals surface area contributed by atoms with Crippen LogP contribution in [-0.4, -0.2) is 18.1 Å². The van der Waals surface area contributed by atoms with Crippen molar-refractivity contribution < 1.29 is 9.53 Å². The minimum absolute atomic E-state index is 0.388. The molecule has 4 aliphatic rings. The summed E-state index contributed by atoms with van der Waals surface area (Å²) in [5, 5.41) is 6.86. The highest BCUT2D eigenvalue weighted by atomic mass is 16.5. The van der Waals surface area contributed by atoms with Gasteiger partial charge in [-0.15, -0.1) is 0 Å². The van der Waals surface area contributed by atoms with E-state index >= 15 is 0 Å². The van der Waals surface area contributed by atoms with Gasteiger partial charge in [-0.1, -0.05) is 18.2 Å². The van der Waals surface area contributed by atoms with Gasteiger partial charge in [0.15, 0.2) is 0 Å². The number of nitrogens with one attached hydrogen (secondary N) is 2. The van der Waals surface area contributed by atoms with Crippen molar-refractivity contribution in [2.75, 3.05) is 17.7 Å². The van der Waals surface area contributed by atoms with Gasteiger partial charge in [0.25, 0.3) is 0 Å². The number of benzene rings is 2. The minimum Gasteiger partial charge on any atom is -0.465 e. The largest absolute Gasteiger partial charge is 0.465 e. The molecule has 0 unspecified atom stereocenters. The Morgan fingerprint density at radius 3 is 2.15 bits per heavy atom. The number of esters is 1. The van der Waals surface area contributed by atoms with Gasteiger partial charge in [-0.05, 0) is 110 Å². The summed E-state index contributed by atoms with van der Waals surface area (Å²) >= 11 is 0. The van der Waals surface area contributed by atoms with E-state index in [1.54, 1.807) is 18.3 Å². The molecule has 0 radical (unpaired) electrons. The van der Waals surface area contributed by atoms with E-state index in [1.807, 2.05) is 18.2 Å². The van der Waals surface area contributed by atoms with E-state index in [9.17, 15) is 4.79 Å². The van der Waals surface area contributed by atoms with Crippen LogP contribution in [0, 0.1) is 17.8 Å². The molecule has 4 aliphatic carbocycles. The number of hydrogen-bond acceptors (Lipinski definition) is 5. The molecule has 4 fully saturated rings. The molecule has 1 heterocycles. The highest BCUT2D eigenvalue weighted by Crippen LogP contribution is 2.60. The first-order chi connectivity index (χ1) is 16.6. The van der Waals surface area contributed by atoms with Crippen LogP contribution in [0.2, 0.25) is 0 Å². The van der Waals surface area contributed by atoms with Crippen LogP contribution in [0.15, 0.2) is 66.9 Å². The van der Waals surface area contributed by atoms with Gasteiger partial charge < -0.3 is 15.4 Å². The van der Waals surface area contributed by atoms with Crippen LogP contribution in [0.5, 0.6) is 0 Å². The Morgan fingerprint density at radius 1 is 0.853 bits per heavy atom. The third-order valence-corrected chi connectivity index (χ3v) is 8.14. The first-order valence-corrected chi connectivity index (χ1v) is 12.4. The van der Waals surface area contributed by atoms with Crippen molar-refractivity contribution >= 4 is 28.8 Å². The molecule has 0 aliphatic heterocycles. The lowest BCUT2D eigenvalue weighted by molar-refractivity contribution is -0.00516. The number of methoxy groups -OCH3 is 1. The van der Waals surface area contributed by atoms with Crippen LogP contribution in [0.1, 0.15) is 54.4 Å². The Bertz CT molecular complexity index is 1190. The maximum Gasteiger partial charge on any atom is 0.341 e. The lowest BCUT2D eigenvalue weighted by atomic mass is 9.48. The molecule has 0 saturated heterocycles. The predicted molar refractivity (Wildman–Crippen MR) is 135 cm³/mol. The molecule has 5 heteroatoms. The summed E-state index contributed by atoms with van der Waals surface area (Å²) < 4.78 is 4.88. The second-order valence-corrected chi connectivity index (χ2v) is 10.5. The summed E-state index contributed by atoms with van der Waals surface area (Å²) in [6.45, 7) is 0. The Labute approximate surface area is 201 Å². The molecule has 1 aromatic heterocycles. The molecule has 4 saturated carbocycles. The summed E-state index contributed by atoms with van der Waals surface area (Å²) in [6, 6.07) is 20.6. The fourth-order valence-electron chi connectivity index (χ4n) is 7.15. The van der Waals surface area contributed by atoms with Crippen molar-refractivity contribution in [3.8, 4) is 0 Å². The van der Waals surface area contributed by atoms with Crippen molar-refractivity contribution in [1.29, 1.82) is 0 Å². The molecule has 5 nitrogen and oxygen atoms in total. The zero-order valence-electron chi connectivity index (χ0n) is 19.6. The quantitative estimate of drug-likeness (QED) is 0.401. The molecule has 0 spiro atoms. The van der Waals surface area contributed by atoms with E-state index in [0.717, 1.165) is 34.8 Å². The molecule has 34 heavy (non-hydrogen) atoms. The van der Waals surface area contributed by atoms with Gasteiger partial charge in [-0.3, -0.25) is 0 Å². The number of anilines is 4. The van der Waals surface area contributed by atoms with Gasteiger partial charge in [0, 0.05) is 23.3 Å². The average Bonchev–Trinajstić information content (AvgIpc) is 2.83. The fourth-order valence-corrected chi connectivity index (χ4v) is 7.15. The first kappa shape index (κ1) is 21.2. The standard InChI is InChI=1S/C29H31N3O2/c1-34-28(33)26-9-4-10-30-27(26)32-25-8-3-7-24(15-25)31-23-6-2-5-22(14-23)29-16-19-11-20(17-29)13-21(12-19)18-29/h2-10,14-15,19-21,31H,11-13,16-18H2,1H3,(H,30,32). The van der Waals surface area contributed by atoms with Gasteiger partial charge in [-0.25, -0.2) is 9.78 Å². The molecule has 7 rings (SSSR count). The third-order valence-electron chi connectivity index (χ3n) is 8.14. The molecule has 0 atom stereocenters. The molecular weight excluding hydrogens is 422 g/mol.